The first-order valence-corrected chi connectivity index (χ1v) is 7.57. The molecule has 0 saturated carbocycles. The molecule has 0 atom stereocenters. The molecule has 0 saturated heterocycles. The average Bonchev–Trinajstić information content (AvgIpc) is 3.04. The molecule has 0 radical (unpaired) electrons. The number of aromatic nitrogens is 1. The Morgan fingerprint density at radius 2 is 2.29 bits per heavy atom. The molecule has 0 aliphatic carbocycles. The summed E-state index contributed by atoms with van der Waals surface area (Å²) in [6.07, 6.45) is 2.58. The van der Waals surface area contributed by atoms with Crippen molar-refractivity contribution in [1.29, 1.82) is 0 Å². The molecular weight excluding hydrogens is 286 g/mol. The fourth-order valence-electron chi connectivity index (χ4n) is 1.78. The molecule has 0 aromatic carbocycles. The maximum atomic E-state index is 12.0. The number of methoxy groups -OCH3 is 1. The van der Waals surface area contributed by atoms with E-state index in [9.17, 15) is 4.79 Å². The van der Waals surface area contributed by atoms with E-state index >= 15 is 0 Å². The molecule has 0 aliphatic rings. The van der Waals surface area contributed by atoms with Crippen LogP contribution in [0.5, 0.6) is 5.88 Å². The van der Waals surface area contributed by atoms with Crippen molar-refractivity contribution in [3.05, 3.63) is 46.3 Å². The van der Waals surface area contributed by atoms with E-state index in [4.69, 9.17) is 4.74 Å². The number of nitrogens with zero attached hydrogens (tertiary/aromatic N) is 2. The minimum absolute atomic E-state index is 0.0811. The number of hydrogen-bond acceptors (Lipinski definition) is 4. The molecule has 5 nitrogen and oxygen atoms in total. The predicted octanol–water partition coefficient (Wildman–Crippen LogP) is 2.54. The van der Waals surface area contributed by atoms with Crippen molar-refractivity contribution in [2.45, 2.75) is 13.0 Å². The quantitative estimate of drug-likeness (QED) is 0.892. The summed E-state index contributed by atoms with van der Waals surface area (Å²) in [5, 5.41) is 4.92. The van der Waals surface area contributed by atoms with Crippen molar-refractivity contribution in [2.75, 3.05) is 20.7 Å². The minimum atomic E-state index is -0.0811. The number of carbonyl (C=O) groups excluding carboxylic acids is 1. The molecule has 0 unspecified atom stereocenters. The van der Waals surface area contributed by atoms with Gasteiger partial charge in [0.15, 0.2) is 0 Å². The van der Waals surface area contributed by atoms with Crippen LogP contribution in [0.2, 0.25) is 0 Å². The third-order valence-corrected chi connectivity index (χ3v) is 4.01. The van der Waals surface area contributed by atoms with Gasteiger partial charge in [0, 0.05) is 37.3 Å². The van der Waals surface area contributed by atoms with E-state index < -0.39 is 0 Å². The Hall–Kier alpha value is -2.08. The highest BCUT2D eigenvalue weighted by atomic mass is 32.1. The highest BCUT2D eigenvalue weighted by Gasteiger charge is 2.08. The van der Waals surface area contributed by atoms with Gasteiger partial charge in [0.1, 0.15) is 0 Å². The normalized spacial score (nSPS) is 10.2. The van der Waals surface area contributed by atoms with Gasteiger partial charge in [-0.25, -0.2) is 9.78 Å². The van der Waals surface area contributed by atoms with E-state index in [0.29, 0.717) is 19.0 Å². The van der Waals surface area contributed by atoms with E-state index in [0.717, 1.165) is 12.0 Å². The molecule has 2 heterocycles. The summed E-state index contributed by atoms with van der Waals surface area (Å²) < 4.78 is 4.99. The molecule has 0 spiro atoms. The highest BCUT2D eigenvalue weighted by Crippen LogP contribution is 2.09. The Morgan fingerprint density at radius 1 is 1.43 bits per heavy atom. The monoisotopic (exact) mass is 305 g/mol. The summed E-state index contributed by atoms with van der Waals surface area (Å²) in [7, 11) is 3.38. The zero-order chi connectivity index (χ0) is 15.1. The smallest absolute Gasteiger partial charge is 0.317 e. The van der Waals surface area contributed by atoms with Crippen molar-refractivity contribution in [3.63, 3.8) is 0 Å². The van der Waals surface area contributed by atoms with Crippen LogP contribution in [-0.4, -0.2) is 36.6 Å². The second kappa shape index (κ2) is 7.64. The van der Waals surface area contributed by atoms with Crippen LogP contribution in [0, 0.1) is 0 Å². The van der Waals surface area contributed by atoms with Crippen LogP contribution in [0.3, 0.4) is 0 Å². The van der Waals surface area contributed by atoms with Crippen molar-refractivity contribution in [3.8, 4) is 5.88 Å². The molecule has 2 aromatic heterocycles. The summed E-state index contributed by atoms with van der Waals surface area (Å²) in [6, 6.07) is 7.69. The van der Waals surface area contributed by atoms with Gasteiger partial charge >= 0.3 is 6.03 Å². The zero-order valence-electron chi connectivity index (χ0n) is 12.2. The number of urea groups is 1. The lowest BCUT2D eigenvalue weighted by atomic mass is 10.3. The fourth-order valence-corrected chi connectivity index (χ4v) is 2.48. The second-order valence-corrected chi connectivity index (χ2v) is 5.65. The maximum Gasteiger partial charge on any atom is 0.317 e. The Morgan fingerprint density at radius 3 is 2.90 bits per heavy atom. The van der Waals surface area contributed by atoms with E-state index in [2.05, 4.69) is 16.4 Å². The van der Waals surface area contributed by atoms with Gasteiger partial charge in [0.25, 0.3) is 0 Å². The van der Waals surface area contributed by atoms with Gasteiger partial charge in [-0.1, -0.05) is 12.1 Å². The van der Waals surface area contributed by atoms with Gasteiger partial charge in [-0.3, -0.25) is 0 Å². The molecule has 1 N–H and O–H groups in total. The lowest BCUT2D eigenvalue weighted by molar-refractivity contribution is 0.209. The van der Waals surface area contributed by atoms with Crippen molar-refractivity contribution < 1.29 is 9.53 Å². The summed E-state index contributed by atoms with van der Waals surface area (Å²) in [4.78, 5) is 19.1. The van der Waals surface area contributed by atoms with Crippen LogP contribution in [0.1, 0.15) is 10.4 Å². The molecule has 112 valence electrons. The van der Waals surface area contributed by atoms with Crippen LogP contribution in [-0.2, 0) is 13.0 Å². The third-order valence-electron chi connectivity index (χ3n) is 3.07. The molecule has 0 aliphatic heterocycles. The topological polar surface area (TPSA) is 54.5 Å². The first-order chi connectivity index (χ1) is 10.2. The number of carbonyl (C=O) groups is 1. The molecule has 6 heteroatoms. The molecular formula is C15H19N3O2S. The average molecular weight is 305 g/mol. The van der Waals surface area contributed by atoms with Crippen LogP contribution in [0.4, 0.5) is 4.79 Å². The second-order valence-electron chi connectivity index (χ2n) is 4.62. The maximum absolute atomic E-state index is 12.0. The van der Waals surface area contributed by atoms with Crippen molar-refractivity contribution >= 4 is 17.4 Å². The van der Waals surface area contributed by atoms with Gasteiger partial charge in [0.05, 0.1) is 7.11 Å². The summed E-state index contributed by atoms with van der Waals surface area (Å²) in [6.45, 7) is 1.16. The lowest BCUT2D eigenvalue weighted by Gasteiger charge is -2.17. The van der Waals surface area contributed by atoms with Crippen LogP contribution in [0.25, 0.3) is 0 Å². The van der Waals surface area contributed by atoms with E-state index in [1.165, 1.54) is 4.88 Å². The Bertz CT molecular complexity index is 555. The predicted molar refractivity (Wildman–Crippen MR) is 83.7 cm³/mol. The largest absolute Gasteiger partial charge is 0.481 e. The summed E-state index contributed by atoms with van der Waals surface area (Å²) in [5.41, 5.74) is 0.941. The first kappa shape index (κ1) is 15.3. The van der Waals surface area contributed by atoms with Crippen molar-refractivity contribution in [2.24, 2.45) is 0 Å². The Balaban J connectivity index is 1.74. The number of likely N-dealkylation sites (N-methyl/N-ethyl adjacent to an activating group) is 1. The van der Waals surface area contributed by atoms with E-state index in [1.54, 1.807) is 42.7 Å². The lowest BCUT2D eigenvalue weighted by Crippen LogP contribution is -2.37. The number of thiophene rings is 1. The number of nitrogens with one attached hydrogen (secondary N) is 1. The SMILES string of the molecule is COc1ccc(CNC(=O)N(C)CCc2cccs2)cn1. The number of rotatable bonds is 6. The zero-order valence-corrected chi connectivity index (χ0v) is 13.0. The molecule has 21 heavy (non-hydrogen) atoms. The number of pyridine rings is 1. The van der Waals surface area contributed by atoms with Crippen molar-refractivity contribution in [1.82, 2.24) is 15.2 Å². The van der Waals surface area contributed by atoms with Gasteiger partial charge < -0.3 is 15.0 Å². The van der Waals surface area contributed by atoms with Crippen LogP contribution in [0.15, 0.2) is 35.8 Å². The van der Waals surface area contributed by atoms with Gasteiger partial charge in [0.2, 0.25) is 5.88 Å². The van der Waals surface area contributed by atoms with Gasteiger partial charge in [-0.15, -0.1) is 11.3 Å². The van der Waals surface area contributed by atoms with Gasteiger partial charge in [-0.2, -0.15) is 0 Å². The first-order valence-electron chi connectivity index (χ1n) is 6.69. The Labute approximate surface area is 128 Å². The summed E-state index contributed by atoms with van der Waals surface area (Å²) in [5.74, 6) is 0.568. The fraction of sp³-hybridized carbons (Fsp3) is 0.333. The van der Waals surface area contributed by atoms with Gasteiger partial charge in [-0.05, 0) is 23.4 Å². The van der Waals surface area contributed by atoms with E-state index in [-0.39, 0.29) is 6.03 Å². The molecule has 0 fully saturated rings. The van der Waals surface area contributed by atoms with Crippen LogP contribution < -0.4 is 10.1 Å². The third kappa shape index (κ3) is 4.75. The Kier molecular flexibility index (Phi) is 5.57. The number of amides is 2. The molecule has 2 aromatic rings. The molecule has 2 rings (SSSR count). The van der Waals surface area contributed by atoms with Crippen LogP contribution >= 0.6 is 11.3 Å². The highest BCUT2D eigenvalue weighted by molar-refractivity contribution is 7.09. The van der Waals surface area contributed by atoms with E-state index in [1.807, 2.05) is 17.5 Å². The molecule has 0 bridgehead atoms. The minimum Gasteiger partial charge on any atom is -0.481 e. The standard InChI is InChI=1S/C15H19N3O2S/c1-18(8-7-13-4-3-9-21-13)15(19)17-11-12-5-6-14(20-2)16-10-12/h3-6,9-10H,7-8,11H2,1-2H3,(H,17,19). The number of ether oxygens (including phenoxy) is 1. The summed E-state index contributed by atoms with van der Waals surface area (Å²) >= 11 is 1.71. The number of hydrogen-bond donors (Lipinski definition) is 1. The molecule has 2 amide bonds.